The molecule has 0 heterocycles. The molecule has 0 aromatic heterocycles. The van der Waals surface area contributed by atoms with Gasteiger partial charge in [0, 0.05) is 12.8 Å². The predicted octanol–water partition coefficient (Wildman–Crippen LogP) is 2.58. The molecule has 0 radical (unpaired) electrons. The van der Waals surface area contributed by atoms with Crippen molar-refractivity contribution in [3.63, 3.8) is 0 Å². The molecule has 0 spiro atoms. The van der Waals surface area contributed by atoms with Crippen LogP contribution in [-0.2, 0) is 20.7 Å². The molecule has 0 saturated carbocycles. The molecule has 0 unspecified atom stereocenters. The Morgan fingerprint density at radius 1 is 0.931 bits per heavy atom. The zero-order chi connectivity index (χ0) is 20.9. The van der Waals surface area contributed by atoms with Crippen molar-refractivity contribution < 1.29 is 23.9 Å². The number of carbonyl (C=O) groups is 3. The van der Waals surface area contributed by atoms with Crippen LogP contribution in [0.5, 0.6) is 5.75 Å². The number of ether oxygens (including phenoxy) is 2. The van der Waals surface area contributed by atoms with E-state index < -0.39 is 17.8 Å². The Morgan fingerprint density at radius 2 is 1.66 bits per heavy atom. The highest BCUT2D eigenvalue weighted by molar-refractivity contribution is 5.98. The van der Waals surface area contributed by atoms with Gasteiger partial charge < -0.3 is 9.47 Å². The van der Waals surface area contributed by atoms with Crippen molar-refractivity contribution in [1.29, 1.82) is 0 Å². The number of hydrazine groups is 1. The standard InChI is InChI=1S/C22H24N2O5/c1-2-15-28-19-11-7-6-10-18(19)22(27)24-23-20(25)12-13-21(26)29-16-14-17-8-4-3-5-9-17/h2-11H,1,12-16H2,(H,23,25)(H,24,27). The summed E-state index contributed by atoms with van der Waals surface area (Å²) in [4.78, 5) is 35.8. The van der Waals surface area contributed by atoms with Crippen LogP contribution < -0.4 is 15.6 Å². The lowest BCUT2D eigenvalue weighted by atomic mass is 10.2. The fraction of sp³-hybridized carbons (Fsp3) is 0.227. The number of nitrogens with one attached hydrogen (secondary N) is 2. The lowest BCUT2D eigenvalue weighted by molar-refractivity contribution is -0.144. The van der Waals surface area contributed by atoms with E-state index in [1.54, 1.807) is 30.3 Å². The van der Waals surface area contributed by atoms with Gasteiger partial charge in [-0.25, -0.2) is 0 Å². The van der Waals surface area contributed by atoms with Crippen LogP contribution in [0.1, 0.15) is 28.8 Å². The first-order valence-corrected chi connectivity index (χ1v) is 9.21. The molecule has 0 fully saturated rings. The van der Waals surface area contributed by atoms with Crippen molar-refractivity contribution in [3.05, 3.63) is 78.4 Å². The van der Waals surface area contributed by atoms with E-state index in [2.05, 4.69) is 17.4 Å². The van der Waals surface area contributed by atoms with Crippen molar-refractivity contribution in [1.82, 2.24) is 10.9 Å². The van der Waals surface area contributed by atoms with Gasteiger partial charge in [0.15, 0.2) is 0 Å². The molecule has 0 aliphatic carbocycles. The highest BCUT2D eigenvalue weighted by atomic mass is 16.5. The largest absolute Gasteiger partial charge is 0.489 e. The van der Waals surface area contributed by atoms with Crippen LogP contribution in [0.15, 0.2) is 67.3 Å². The summed E-state index contributed by atoms with van der Waals surface area (Å²) in [5, 5.41) is 0. The zero-order valence-corrected chi connectivity index (χ0v) is 16.1. The van der Waals surface area contributed by atoms with Crippen molar-refractivity contribution in [2.75, 3.05) is 13.2 Å². The number of carbonyl (C=O) groups excluding carboxylic acids is 3. The molecule has 2 rings (SSSR count). The van der Waals surface area contributed by atoms with Crippen LogP contribution in [0, 0.1) is 0 Å². The lowest BCUT2D eigenvalue weighted by Gasteiger charge is -2.11. The third-order valence-electron chi connectivity index (χ3n) is 3.86. The second-order valence-electron chi connectivity index (χ2n) is 6.05. The van der Waals surface area contributed by atoms with Gasteiger partial charge in [0.1, 0.15) is 12.4 Å². The monoisotopic (exact) mass is 396 g/mol. The molecule has 2 aromatic carbocycles. The Balaban J connectivity index is 1.68. The third-order valence-corrected chi connectivity index (χ3v) is 3.86. The first kappa shape index (κ1) is 21.7. The second kappa shape index (κ2) is 12.0. The first-order valence-electron chi connectivity index (χ1n) is 9.21. The molecule has 0 bridgehead atoms. The topological polar surface area (TPSA) is 93.7 Å². The Hall–Kier alpha value is -3.61. The van der Waals surface area contributed by atoms with E-state index in [1.807, 2.05) is 30.3 Å². The van der Waals surface area contributed by atoms with Crippen molar-refractivity contribution in [3.8, 4) is 5.75 Å². The van der Waals surface area contributed by atoms with Gasteiger partial charge in [-0.15, -0.1) is 0 Å². The minimum absolute atomic E-state index is 0.0739. The van der Waals surface area contributed by atoms with Crippen molar-refractivity contribution >= 4 is 17.8 Å². The molecule has 0 atom stereocenters. The minimum atomic E-state index is -0.525. The number of esters is 1. The number of para-hydroxylation sites is 1. The lowest BCUT2D eigenvalue weighted by Crippen LogP contribution is -2.41. The Labute approximate surface area is 169 Å². The molecule has 2 aromatic rings. The van der Waals surface area contributed by atoms with E-state index in [4.69, 9.17) is 9.47 Å². The summed E-state index contributed by atoms with van der Waals surface area (Å²) in [5.41, 5.74) is 5.93. The molecule has 0 aliphatic heterocycles. The fourth-order valence-electron chi connectivity index (χ4n) is 2.40. The molecule has 7 nitrogen and oxygen atoms in total. The molecule has 2 amide bonds. The quantitative estimate of drug-likeness (QED) is 0.366. The minimum Gasteiger partial charge on any atom is -0.489 e. The number of hydrogen-bond acceptors (Lipinski definition) is 5. The maximum Gasteiger partial charge on any atom is 0.306 e. The van der Waals surface area contributed by atoms with Gasteiger partial charge >= 0.3 is 5.97 Å². The molecular formula is C22H24N2O5. The first-order chi connectivity index (χ1) is 14.1. The van der Waals surface area contributed by atoms with Gasteiger partial charge in [-0.1, -0.05) is 55.1 Å². The van der Waals surface area contributed by atoms with Gasteiger partial charge in [0.05, 0.1) is 18.6 Å². The van der Waals surface area contributed by atoms with E-state index in [1.165, 1.54) is 0 Å². The summed E-state index contributed by atoms with van der Waals surface area (Å²) in [6.45, 7) is 4.06. The highest BCUT2D eigenvalue weighted by Gasteiger charge is 2.13. The van der Waals surface area contributed by atoms with E-state index in [9.17, 15) is 14.4 Å². The maximum absolute atomic E-state index is 12.2. The van der Waals surface area contributed by atoms with E-state index in [0.29, 0.717) is 12.2 Å². The SMILES string of the molecule is C=CCOc1ccccc1C(=O)NNC(=O)CCC(=O)OCCc1ccccc1. The van der Waals surface area contributed by atoms with Gasteiger partial charge in [-0.2, -0.15) is 0 Å². The van der Waals surface area contributed by atoms with Crippen LogP contribution in [0.4, 0.5) is 0 Å². The number of rotatable bonds is 10. The Bertz CT molecular complexity index is 836. The summed E-state index contributed by atoms with van der Waals surface area (Å²) in [6, 6.07) is 16.3. The third kappa shape index (κ3) is 7.88. The van der Waals surface area contributed by atoms with Crippen LogP contribution in [0.25, 0.3) is 0 Å². The van der Waals surface area contributed by atoms with Gasteiger partial charge in [0.25, 0.3) is 5.91 Å². The Morgan fingerprint density at radius 3 is 2.41 bits per heavy atom. The van der Waals surface area contributed by atoms with E-state index in [0.717, 1.165) is 5.56 Å². The summed E-state index contributed by atoms with van der Waals surface area (Å²) in [6.07, 6.45) is 2.01. The summed E-state index contributed by atoms with van der Waals surface area (Å²) >= 11 is 0. The van der Waals surface area contributed by atoms with Crippen LogP contribution in [0.3, 0.4) is 0 Å². The van der Waals surface area contributed by atoms with Crippen LogP contribution in [-0.4, -0.2) is 31.0 Å². The second-order valence-corrected chi connectivity index (χ2v) is 6.05. The maximum atomic E-state index is 12.2. The molecule has 0 saturated heterocycles. The molecule has 152 valence electrons. The summed E-state index contributed by atoms with van der Waals surface area (Å²) < 4.78 is 10.5. The van der Waals surface area contributed by atoms with Gasteiger partial charge in [-0.3, -0.25) is 25.2 Å². The number of benzene rings is 2. The smallest absolute Gasteiger partial charge is 0.306 e. The van der Waals surface area contributed by atoms with Crippen LogP contribution >= 0.6 is 0 Å². The van der Waals surface area contributed by atoms with Crippen LogP contribution in [0.2, 0.25) is 0 Å². The van der Waals surface area contributed by atoms with Gasteiger partial charge in [-0.05, 0) is 17.7 Å². The Kier molecular flexibility index (Phi) is 8.95. The molecule has 29 heavy (non-hydrogen) atoms. The molecule has 2 N–H and O–H groups in total. The molecule has 0 aliphatic rings. The average molecular weight is 396 g/mol. The zero-order valence-electron chi connectivity index (χ0n) is 16.1. The summed E-state index contributed by atoms with van der Waals surface area (Å²) in [7, 11) is 0. The predicted molar refractivity (Wildman–Crippen MR) is 108 cm³/mol. The molecule has 7 heteroatoms. The normalized spacial score (nSPS) is 9.93. The number of amides is 2. The van der Waals surface area contributed by atoms with E-state index in [-0.39, 0.29) is 31.6 Å². The van der Waals surface area contributed by atoms with Gasteiger partial charge in [0.2, 0.25) is 5.91 Å². The molecular weight excluding hydrogens is 372 g/mol. The van der Waals surface area contributed by atoms with Crippen molar-refractivity contribution in [2.24, 2.45) is 0 Å². The summed E-state index contributed by atoms with van der Waals surface area (Å²) in [5.74, 6) is -1.11. The van der Waals surface area contributed by atoms with Crippen molar-refractivity contribution in [2.45, 2.75) is 19.3 Å². The van der Waals surface area contributed by atoms with E-state index >= 15 is 0 Å². The number of hydrogen-bond donors (Lipinski definition) is 2. The average Bonchev–Trinajstić information content (AvgIpc) is 2.75. The highest BCUT2D eigenvalue weighted by Crippen LogP contribution is 2.17. The fourth-order valence-corrected chi connectivity index (χ4v) is 2.40.